The number of carbonyl (C=O) groups excluding carboxylic acids is 1. The number of amides is 1. The Morgan fingerprint density at radius 3 is 2.55 bits per heavy atom. The van der Waals surface area contributed by atoms with Crippen LogP contribution in [0.2, 0.25) is 0 Å². The van der Waals surface area contributed by atoms with E-state index < -0.39 is 7.12 Å². The van der Waals surface area contributed by atoms with Gasteiger partial charge in [-0.1, -0.05) is 11.8 Å². The molecule has 0 N–H and O–H groups in total. The largest absolute Gasteiger partial charge is 0.498 e. The highest BCUT2D eigenvalue weighted by Gasteiger charge is 2.51. The first-order valence-corrected chi connectivity index (χ1v) is 11.9. The zero-order valence-electron chi connectivity index (χ0n) is 17.8. The minimum absolute atomic E-state index is 0.0567. The van der Waals surface area contributed by atoms with E-state index in [-0.39, 0.29) is 23.0 Å². The Bertz CT molecular complexity index is 689. The van der Waals surface area contributed by atoms with Crippen LogP contribution in [0.1, 0.15) is 53.4 Å². The second kappa shape index (κ2) is 9.54. The summed E-state index contributed by atoms with van der Waals surface area (Å²) in [7, 11) is -0.427. The smallest absolute Gasteiger partial charge is 0.399 e. The van der Waals surface area contributed by atoms with Crippen LogP contribution in [0.5, 0.6) is 0 Å². The summed E-state index contributed by atoms with van der Waals surface area (Å²) >= 11 is 7.35. The molecule has 6 nitrogen and oxygen atoms in total. The molecular weight excluding hydrogens is 409 g/mol. The third kappa shape index (κ3) is 5.66. The summed E-state index contributed by atoms with van der Waals surface area (Å²) in [4.78, 5) is 22.6. The highest BCUT2D eigenvalue weighted by molar-refractivity contribution is 7.99. The summed E-state index contributed by atoms with van der Waals surface area (Å²) in [6.45, 7) is 9.84. The van der Waals surface area contributed by atoms with Gasteiger partial charge in [0, 0.05) is 36.7 Å². The van der Waals surface area contributed by atoms with Crippen molar-refractivity contribution in [2.75, 3.05) is 24.7 Å². The molecule has 2 saturated heterocycles. The fourth-order valence-corrected chi connectivity index (χ4v) is 4.57. The third-order valence-electron chi connectivity index (χ3n) is 6.15. The summed E-state index contributed by atoms with van der Waals surface area (Å²) < 4.78 is 12.1. The third-order valence-corrected chi connectivity index (χ3v) is 7.34. The monoisotopic (exact) mass is 439 g/mol. The zero-order valence-corrected chi connectivity index (χ0v) is 19.4. The zero-order chi connectivity index (χ0) is 21.1. The number of hydrogen-bond donors (Lipinski definition) is 0. The summed E-state index contributed by atoms with van der Waals surface area (Å²) in [5.41, 5.74) is 0.113. The molecule has 1 amide bonds. The van der Waals surface area contributed by atoms with Gasteiger partial charge in [0.05, 0.1) is 11.2 Å². The van der Waals surface area contributed by atoms with Gasteiger partial charge in [0.2, 0.25) is 5.91 Å². The van der Waals surface area contributed by atoms with Gasteiger partial charge in [0.1, 0.15) is 5.88 Å². The molecule has 29 heavy (non-hydrogen) atoms. The number of thioether (sulfide) groups is 1. The summed E-state index contributed by atoms with van der Waals surface area (Å²) in [5, 5.41) is 0.771. The van der Waals surface area contributed by atoms with Crippen LogP contribution >= 0.6 is 23.4 Å². The number of halogens is 1. The van der Waals surface area contributed by atoms with Crippen molar-refractivity contribution in [3.8, 4) is 0 Å². The minimum atomic E-state index is -0.427. The molecule has 0 bridgehead atoms. The van der Waals surface area contributed by atoms with Crippen molar-refractivity contribution < 1.29 is 14.1 Å². The van der Waals surface area contributed by atoms with Gasteiger partial charge in [-0.15, -0.1) is 11.6 Å². The molecule has 1 atom stereocenters. The maximum atomic E-state index is 11.8. The molecule has 0 aromatic carbocycles. The molecule has 0 spiro atoms. The Hall–Kier alpha value is -0.825. The van der Waals surface area contributed by atoms with Gasteiger partial charge in [-0.25, -0.2) is 9.97 Å². The number of alkyl halides is 1. The van der Waals surface area contributed by atoms with E-state index in [4.69, 9.17) is 20.9 Å². The van der Waals surface area contributed by atoms with Crippen molar-refractivity contribution in [1.82, 2.24) is 14.9 Å². The highest BCUT2D eigenvalue weighted by Crippen LogP contribution is 2.36. The van der Waals surface area contributed by atoms with Gasteiger partial charge in [0.15, 0.2) is 5.16 Å². The topological polar surface area (TPSA) is 64.5 Å². The molecule has 0 radical (unpaired) electrons. The summed E-state index contributed by atoms with van der Waals surface area (Å²) in [6.07, 6.45) is 8.06. The predicted octanol–water partition coefficient (Wildman–Crippen LogP) is 3.13. The minimum Gasteiger partial charge on any atom is -0.399 e. The standard InChI is InChI=1S/C20H31BClN3O3S/c1-19(2)20(3,4)28-21(27-19)16-12-23-18(24-13-16)29-10-6-8-15-7-5-9-25(14-15)17(26)11-22/h12-13,15H,5-11,14H2,1-4H3/t15-/m1/s1. The van der Waals surface area contributed by atoms with Crippen LogP contribution in [-0.4, -0.2) is 63.8 Å². The van der Waals surface area contributed by atoms with E-state index in [1.165, 1.54) is 6.42 Å². The van der Waals surface area contributed by atoms with Crippen molar-refractivity contribution in [1.29, 1.82) is 0 Å². The number of hydrogen-bond acceptors (Lipinski definition) is 6. The van der Waals surface area contributed by atoms with E-state index in [2.05, 4.69) is 9.97 Å². The molecule has 0 saturated carbocycles. The van der Waals surface area contributed by atoms with Gasteiger partial charge < -0.3 is 14.2 Å². The molecular formula is C20H31BClN3O3S. The quantitative estimate of drug-likeness (QED) is 0.214. The number of aromatic nitrogens is 2. The second-order valence-corrected chi connectivity index (χ2v) is 10.2. The number of carbonyl (C=O) groups is 1. The molecule has 0 aliphatic carbocycles. The first kappa shape index (κ1) is 22.9. The van der Waals surface area contributed by atoms with Crippen LogP contribution < -0.4 is 5.46 Å². The van der Waals surface area contributed by atoms with Gasteiger partial charge in [0.25, 0.3) is 0 Å². The van der Waals surface area contributed by atoms with E-state index >= 15 is 0 Å². The van der Waals surface area contributed by atoms with Crippen LogP contribution in [0.15, 0.2) is 17.6 Å². The maximum Gasteiger partial charge on any atom is 0.498 e. The van der Waals surface area contributed by atoms with Crippen LogP contribution in [0.4, 0.5) is 0 Å². The summed E-state index contributed by atoms with van der Waals surface area (Å²) in [6, 6.07) is 0. The normalized spacial score (nSPS) is 23.4. The van der Waals surface area contributed by atoms with Crippen molar-refractivity contribution in [2.24, 2.45) is 5.92 Å². The molecule has 2 aliphatic heterocycles. The lowest BCUT2D eigenvalue weighted by atomic mass is 9.81. The SMILES string of the molecule is CC1(C)OB(c2cnc(SCCC[C@H]3CCCN(C(=O)CCl)C3)nc2)OC1(C)C. The number of rotatable bonds is 7. The van der Waals surface area contributed by atoms with E-state index in [1.54, 1.807) is 24.2 Å². The van der Waals surface area contributed by atoms with E-state index in [0.29, 0.717) is 5.92 Å². The number of nitrogens with zero attached hydrogens (tertiary/aromatic N) is 3. The van der Waals surface area contributed by atoms with Crippen molar-refractivity contribution in [3.05, 3.63) is 12.4 Å². The van der Waals surface area contributed by atoms with Crippen LogP contribution in [-0.2, 0) is 14.1 Å². The first-order chi connectivity index (χ1) is 13.7. The summed E-state index contributed by atoms with van der Waals surface area (Å²) in [5.74, 6) is 1.68. The molecule has 3 heterocycles. The van der Waals surface area contributed by atoms with Gasteiger partial charge >= 0.3 is 7.12 Å². The molecule has 2 aliphatic rings. The van der Waals surface area contributed by atoms with E-state index in [0.717, 1.165) is 48.7 Å². The molecule has 3 rings (SSSR count). The lowest BCUT2D eigenvalue weighted by Crippen LogP contribution is -2.41. The molecule has 2 fully saturated rings. The Morgan fingerprint density at radius 2 is 1.93 bits per heavy atom. The van der Waals surface area contributed by atoms with Gasteiger partial charge in [-0.3, -0.25) is 4.79 Å². The highest BCUT2D eigenvalue weighted by atomic mass is 35.5. The first-order valence-electron chi connectivity index (χ1n) is 10.4. The van der Waals surface area contributed by atoms with E-state index in [9.17, 15) is 4.79 Å². The van der Waals surface area contributed by atoms with E-state index in [1.807, 2.05) is 32.6 Å². The lowest BCUT2D eigenvalue weighted by Gasteiger charge is -2.32. The Labute approximate surface area is 183 Å². The molecule has 9 heteroatoms. The van der Waals surface area contributed by atoms with Crippen molar-refractivity contribution >= 4 is 41.9 Å². The fraction of sp³-hybridized carbons (Fsp3) is 0.750. The lowest BCUT2D eigenvalue weighted by molar-refractivity contribution is -0.130. The Balaban J connectivity index is 1.41. The van der Waals surface area contributed by atoms with Gasteiger partial charge in [-0.2, -0.15) is 0 Å². The number of piperidine rings is 1. The maximum absolute atomic E-state index is 11.8. The van der Waals surface area contributed by atoms with Crippen molar-refractivity contribution in [2.45, 2.75) is 69.7 Å². The Kier molecular flexibility index (Phi) is 7.52. The average Bonchev–Trinajstić information content (AvgIpc) is 2.92. The molecule has 1 aromatic rings. The van der Waals surface area contributed by atoms with Gasteiger partial charge in [-0.05, 0) is 59.3 Å². The van der Waals surface area contributed by atoms with Crippen LogP contribution in [0, 0.1) is 5.92 Å². The average molecular weight is 440 g/mol. The fourth-order valence-electron chi connectivity index (χ4n) is 3.65. The van der Waals surface area contributed by atoms with Crippen LogP contribution in [0.3, 0.4) is 0 Å². The number of likely N-dealkylation sites (tertiary alicyclic amines) is 1. The van der Waals surface area contributed by atoms with Crippen LogP contribution in [0.25, 0.3) is 0 Å². The molecule has 1 aromatic heterocycles. The molecule has 0 unspecified atom stereocenters. The molecule has 160 valence electrons. The predicted molar refractivity (Wildman–Crippen MR) is 118 cm³/mol. The van der Waals surface area contributed by atoms with Crippen molar-refractivity contribution in [3.63, 3.8) is 0 Å². The Morgan fingerprint density at radius 1 is 1.28 bits per heavy atom. The second-order valence-electron chi connectivity index (χ2n) is 8.86.